The third-order valence-corrected chi connectivity index (χ3v) is 8.15. The van der Waals surface area contributed by atoms with Crippen LogP contribution >= 0.6 is 0 Å². The summed E-state index contributed by atoms with van der Waals surface area (Å²) in [4.78, 5) is 4.15. The second-order valence-electron chi connectivity index (χ2n) is 6.86. The van der Waals surface area contributed by atoms with Crippen molar-refractivity contribution in [3.05, 3.63) is 115 Å². The van der Waals surface area contributed by atoms with Gasteiger partial charge in [-0.1, -0.05) is 36.1 Å². The van der Waals surface area contributed by atoms with Crippen molar-refractivity contribution in [2.75, 3.05) is 7.11 Å². The zero-order valence-electron chi connectivity index (χ0n) is 18.6. The van der Waals surface area contributed by atoms with Crippen molar-refractivity contribution in [3.8, 4) is 11.5 Å². The summed E-state index contributed by atoms with van der Waals surface area (Å²) in [6.07, 6.45) is 1.39. The number of methoxy groups -OCH3 is 1. The summed E-state index contributed by atoms with van der Waals surface area (Å²) in [5, 5.41) is 16.0. The molecule has 4 aromatic carbocycles. The van der Waals surface area contributed by atoms with Crippen LogP contribution in [0.1, 0.15) is 5.56 Å². The molecule has 0 heterocycles. The van der Waals surface area contributed by atoms with E-state index < -0.39 is 21.1 Å². The maximum absolute atomic E-state index is 11.9. The van der Waals surface area contributed by atoms with Gasteiger partial charge in [-0.3, -0.25) is 10.4 Å². The maximum atomic E-state index is 11.9. The molecule has 0 saturated carbocycles. The molecule has 4 rings (SSSR count). The number of amidine groups is 1. The molecule has 0 unspecified atom stereocenters. The number of para-hydroxylation sites is 2. The van der Waals surface area contributed by atoms with Crippen molar-refractivity contribution in [3.63, 3.8) is 0 Å². The van der Waals surface area contributed by atoms with Crippen molar-refractivity contribution in [1.82, 2.24) is 5.43 Å². The Kier molecular flexibility index (Phi) is 10.4. The van der Waals surface area contributed by atoms with E-state index in [0.29, 0.717) is 5.56 Å². The first-order valence-corrected chi connectivity index (χ1v) is 13.7. The number of hydrazone groups is 1. The molecule has 0 fully saturated rings. The monoisotopic (exact) mass is 573 g/mol. The molecule has 7 heteroatoms. The van der Waals surface area contributed by atoms with Crippen molar-refractivity contribution >= 4 is 58.0 Å². The average Bonchev–Trinajstić information content (AvgIpc) is 2.87. The van der Waals surface area contributed by atoms with Crippen LogP contribution < -0.4 is 22.4 Å². The van der Waals surface area contributed by atoms with Crippen LogP contribution in [0.2, 0.25) is 0 Å². The van der Waals surface area contributed by atoms with E-state index in [1.165, 1.54) is 20.5 Å². The zero-order valence-corrected chi connectivity index (χ0v) is 22.3. The van der Waals surface area contributed by atoms with Crippen LogP contribution in [-0.4, -0.2) is 39.6 Å². The van der Waals surface area contributed by atoms with Crippen molar-refractivity contribution < 1.29 is 9.84 Å². The fourth-order valence-electron chi connectivity index (χ4n) is 2.81. The number of benzene rings is 4. The molecular formula is C27H23N3O2SSn. The van der Waals surface area contributed by atoms with Gasteiger partial charge >= 0.3 is 89.0 Å². The first-order chi connectivity index (χ1) is 16.7. The van der Waals surface area contributed by atoms with E-state index in [1.807, 2.05) is 30.3 Å². The summed E-state index contributed by atoms with van der Waals surface area (Å²) in [5.74, 6) is 0.0481. The Labute approximate surface area is 215 Å². The fourth-order valence-corrected chi connectivity index (χ4v) is 5.97. The molecule has 1 N–H and O–H groups in total. The van der Waals surface area contributed by atoms with Gasteiger partial charge in [-0.2, -0.15) is 5.10 Å². The molecule has 0 aliphatic rings. The van der Waals surface area contributed by atoms with E-state index >= 15 is 0 Å². The SMILES string of the molecule is COc1cccc(/C=N/NC([S-])=Nc2ccccc2)c1[O-].c1cc[c]([Sn+2][c]2ccccc2)cc1. The summed E-state index contributed by atoms with van der Waals surface area (Å²) in [7, 11) is 1.45. The Morgan fingerprint density at radius 3 is 1.94 bits per heavy atom. The topological polar surface area (TPSA) is 69.0 Å². The molecule has 0 saturated heterocycles. The third kappa shape index (κ3) is 8.53. The van der Waals surface area contributed by atoms with Gasteiger partial charge in [0.05, 0.1) is 19.0 Å². The van der Waals surface area contributed by atoms with Crippen molar-refractivity contribution in [2.45, 2.75) is 0 Å². The van der Waals surface area contributed by atoms with Crippen LogP contribution in [0.4, 0.5) is 5.69 Å². The molecule has 0 amide bonds. The second kappa shape index (κ2) is 14.0. The summed E-state index contributed by atoms with van der Waals surface area (Å²) in [6, 6.07) is 35.8. The molecule has 168 valence electrons. The van der Waals surface area contributed by atoms with Gasteiger partial charge in [0, 0.05) is 5.17 Å². The van der Waals surface area contributed by atoms with Gasteiger partial charge in [0.2, 0.25) is 0 Å². The van der Waals surface area contributed by atoms with Crippen LogP contribution in [-0.2, 0) is 12.6 Å². The van der Waals surface area contributed by atoms with E-state index in [9.17, 15) is 5.11 Å². The molecule has 0 atom stereocenters. The number of rotatable bonds is 6. The summed E-state index contributed by atoms with van der Waals surface area (Å²) < 4.78 is 8.03. The van der Waals surface area contributed by atoms with Gasteiger partial charge in [-0.05, 0) is 23.8 Å². The van der Waals surface area contributed by atoms with Crippen LogP contribution in [0.5, 0.6) is 11.5 Å². The molecule has 0 aromatic heterocycles. The van der Waals surface area contributed by atoms with Gasteiger partial charge in [0.25, 0.3) is 0 Å². The Morgan fingerprint density at radius 2 is 1.38 bits per heavy atom. The van der Waals surface area contributed by atoms with Gasteiger partial charge in [-0.15, -0.1) is 0 Å². The predicted octanol–water partition coefficient (Wildman–Crippen LogP) is 3.27. The molecule has 0 bridgehead atoms. The Balaban J connectivity index is 0.000000212. The molecule has 0 aliphatic carbocycles. The van der Waals surface area contributed by atoms with E-state index in [-0.39, 0.29) is 16.7 Å². The van der Waals surface area contributed by atoms with E-state index in [2.05, 4.69) is 76.2 Å². The van der Waals surface area contributed by atoms with Gasteiger partial charge in [0.15, 0.2) is 0 Å². The Hall–Kier alpha value is -3.36. The summed E-state index contributed by atoms with van der Waals surface area (Å²) >= 11 is 4.52. The van der Waals surface area contributed by atoms with Gasteiger partial charge in [0.1, 0.15) is 5.75 Å². The summed E-state index contributed by atoms with van der Waals surface area (Å²) in [5.41, 5.74) is 3.74. The van der Waals surface area contributed by atoms with Gasteiger partial charge < -0.3 is 22.5 Å². The number of hydrogen-bond donors (Lipinski definition) is 1. The molecule has 5 nitrogen and oxygen atoms in total. The molecule has 0 aliphatic heterocycles. The molecule has 0 radical (unpaired) electrons. The van der Waals surface area contributed by atoms with Gasteiger partial charge in [-0.25, -0.2) is 0 Å². The Bertz CT molecular complexity index is 1170. The first kappa shape index (κ1) is 25.3. The zero-order chi connectivity index (χ0) is 24.0. The standard InChI is InChI=1S/C15H15N3O2S.2C6H5.Sn/c1-20-13-9-5-6-11(14(13)19)10-16-18-15(21)17-12-7-3-2-4-8-12;2*1-2-4-6-5-3-1;/h2-10,19H,1H3,(H2,17,18,21);2*1-5H;/q;;;+2/p-2/b16-10+;;;. The summed E-state index contributed by atoms with van der Waals surface area (Å²) in [6.45, 7) is 0. The average molecular weight is 572 g/mol. The van der Waals surface area contributed by atoms with Crippen LogP contribution in [0, 0.1) is 0 Å². The van der Waals surface area contributed by atoms with Crippen LogP contribution in [0.15, 0.2) is 119 Å². The number of aliphatic imine (C=N–C) groups is 1. The molecular weight excluding hydrogens is 549 g/mol. The van der Waals surface area contributed by atoms with E-state index in [0.717, 1.165) is 5.69 Å². The quantitative estimate of drug-likeness (QED) is 0.127. The molecule has 0 spiro atoms. The number of hydrogen-bond acceptors (Lipinski definition) is 5. The van der Waals surface area contributed by atoms with E-state index in [4.69, 9.17) is 17.4 Å². The fraction of sp³-hybridized carbons (Fsp3) is 0.0370. The number of nitrogens with one attached hydrogen (secondary N) is 1. The van der Waals surface area contributed by atoms with Crippen molar-refractivity contribution in [2.24, 2.45) is 10.1 Å². The molecule has 34 heavy (non-hydrogen) atoms. The normalized spacial score (nSPS) is 10.7. The minimum atomic E-state index is -0.517. The van der Waals surface area contributed by atoms with Crippen LogP contribution in [0.3, 0.4) is 0 Å². The van der Waals surface area contributed by atoms with Crippen molar-refractivity contribution in [1.29, 1.82) is 0 Å². The predicted molar refractivity (Wildman–Crippen MR) is 142 cm³/mol. The van der Waals surface area contributed by atoms with E-state index in [1.54, 1.807) is 18.2 Å². The van der Waals surface area contributed by atoms with Crippen LogP contribution in [0.25, 0.3) is 0 Å². The third-order valence-electron chi connectivity index (χ3n) is 4.42. The first-order valence-electron chi connectivity index (χ1n) is 10.5. The second-order valence-corrected chi connectivity index (χ2v) is 11.3. The Morgan fingerprint density at radius 1 is 0.824 bits per heavy atom. The molecule has 4 aromatic rings. The number of nitrogens with zero attached hydrogens (tertiary/aromatic N) is 2. The number of ether oxygens (including phenoxy) is 1. The minimum absolute atomic E-state index is 0.216.